The molecule has 1 spiro atoms. The van der Waals surface area contributed by atoms with Gasteiger partial charge in [-0.05, 0) is 37.0 Å². The first-order valence-corrected chi connectivity index (χ1v) is 15.7. The van der Waals surface area contributed by atoms with Gasteiger partial charge in [-0.25, -0.2) is 8.78 Å². The van der Waals surface area contributed by atoms with Crippen LogP contribution in [0.4, 0.5) is 8.78 Å². The number of hydrogen-bond acceptors (Lipinski definition) is 8. The fourth-order valence-corrected chi connectivity index (χ4v) is 7.70. The summed E-state index contributed by atoms with van der Waals surface area (Å²) in [7, 11) is 0. The van der Waals surface area contributed by atoms with Crippen molar-refractivity contribution in [1.29, 1.82) is 5.26 Å². The summed E-state index contributed by atoms with van der Waals surface area (Å²) in [4.78, 5) is 42.8. The first kappa shape index (κ1) is 29.1. The van der Waals surface area contributed by atoms with Crippen LogP contribution in [0.5, 0.6) is 11.5 Å². The zero-order valence-electron chi connectivity index (χ0n) is 24.5. The number of ether oxygens (including phenoxy) is 2. The molecule has 0 radical (unpaired) electrons. The number of nitriles is 1. The second-order valence-electron chi connectivity index (χ2n) is 11.9. The molecule has 7 rings (SSSR count). The minimum atomic E-state index is -1.06. The first-order chi connectivity index (χ1) is 21.6. The second kappa shape index (κ2) is 10.8. The van der Waals surface area contributed by atoms with E-state index < -0.39 is 52.2 Å². The summed E-state index contributed by atoms with van der Waals surface area (Å²) in [6.45, 7) is 3.27. The maximum atomic E-state index is 15.8. The number of pyridine rings is 1. The Morgan fingerprint density at radius 2 is 2.02 bits per heavy atom. The summed E-state index contributed by atoms with van der Waals surface area (Å²) in [5.41, 5.74) is -0.147. The van der Waals surface area contributed by atoms with Gasteiger partial charge in [-0.1, -0.05) is 32.1 Å². The van der Waals surface area contributed by atoms with Crippen LogP contribution in [-0.2, 0) is 10.5 Å². The van der Waals surface area contributed by atoms with Crippen LogP contribution in [-0.4, -0.2) is 40.3 Å². The Morgan fingerprint density at radius 3 is 2.73 bits per heavy atom. The third kappa shape index (κ3) is 4.43. The monoisotopic (exact) mass is 630 g/mol. The Kier molecular flexibility index (Phi) is 6.96. The van der Waals surface area contributed by atoms with Crippen LogP contribution in [0.2, 0.25) is 0 Å². The van der Waals surface area contributed by atoms with Gasteiger partial charge in [0.1, 0.15) is 31.1 Å². The van der Waals surface area contributed by atoms with E-state index in [9.17, 15) is 19.6 Å². The standard InChI is InChI=1S/C33H28F2N4O5S/c1-18(2)32(42)44-29-23(40)8-12-38-28(29)31(41)37-17-39(38)27-20-7-3-6-19(15-36)30(20)45-16-21-25(27)24(14-22(34)26(21)35)43-13-5-11-33(37)9-4-10-33/h3,5-8,11-12,14,18,27H,4,9-10,13,16-17H2,1-2H3/b11-5+. The fourth-order valence-electron chi connectivity index (χ4n) is 6.52. The zero-order chi connectivity index (χ0) is 31.6. The van der Waals surface area contributed by atoms with Crippen LogP contribution < -0.4 is 19.9 Å². The molecule has 1 unspecified atom stereocenters. The molecule has 4 heterocycles. The van der Waals surface area contributed by atoms with Gasteiger partial charge >= 0.3 is 5.97 Å². The summed E-state index contributed by atoms with van der Waals surface area (Å²) in [5.74, 6) is -4.11. The topological polar surface area (TPSA) is 105 Å². The Bertz CT molecular complexity index is 1910. The van der Waals surface area contributed by atoms with E-state index in [0.717, 1.165) is 12.5 Å². The van der Waals surface area contributed by atoms with Crippen LogP contribution in [0.15, 0.2) is 58.4 Å². The summed E-state index contributed by atoms with van der Waals surface area (Å²) >= 11 is 1.22. The predicted octanol–water partition coefficient (Wildman–Crippen LogP) is 5.18. The molecule has 2 aromatic carbocycles. The van der Waals surface area contributed by atoms with E-state index in [2.05, 4.69) is 6.07 Å². The average molecular weight is 631 g/mol. The van der Waals surface area contributed by atoms with E-state index >= 15 is 8.78 Å². The Morgan fingerprint density at radius 1 is 1.22 bits per heavy atom. The van der Waals surface area contributed by atoms with Gasteiger partial charge in [0.25, 0.3) is 5.91 Å². The largest absolute Gasteiger partial charge is 0.489 e. The van der Waals surface area contributed by atoms with E-state index in [1.807, 2.05) is 12.1 Å². The highest BCUT2D eigenvalue weighted by molar-refractivity contribution is 7.98. The molecule has 1 aliphatic carbocycles. The molecule has 2 bridgehead atoms. The highest BCUT2D eigenvalue weighted by Crippen LogP contribution is 2.50. The number of carbonyl (C=O) groups excluding carboxylic acids is 2. The molecule has 1 saturated carbocycles. The van der Waals surface area contributed by atoms with E-state index in [-0.39, 0.29) is 36.0 Å². The molecule has 1 aromatic heterocycles. The lowest BCUT2D eigenvalue weighted by atomic mass is 9.74. The quantitative estimate of drug-likeness (QED) is 0.282. The lowest BCUT2D eigenvalue weighted by molar-refractivity contribution is -0.137. The number of fused-ring (bicyclic) bond motifs is 8. The smallest absolute Gasteiger partial charge is 0.313 e. The van der Waals surface area contributed by atoms with E-state index in [1.54, 1.807) is 42.0 Å². The molecule has 12 heteroatoms. The number of thioether (sulfide) groups is 1. The molecule has 1 amide bonds. The average Bonchev–Trinajstić information content (AvgIpc) is 3.18. The Hall–Kier alpha value is -4.63. The van der Waals surface area contributed by atoms with Crippen LogP contribution in [0.25, 0.3) is 0 Å². The number of hydrogen-bond donors (Lipinski definition) is 0. The van der Waals surface area contributed by atoms with Crippen LogP contribution in [0.3, 0.4) is 0 Å². The highest BCUT2D eigenvalue weighted by atomic mass is 32.2. The van der Waals surface area contributed by atoms with Gasteiger partial charge in [-0.3, -0.25) is 24.1 Å². The molecule has 3 aromatic rings. The molecule has 9 nitrogen and oxygen atoms in total. The van der Waals surface area contributed by atoms with Gasteiger partial charge in [0.2, 0.25) is 11.2 Å². The second-order valence-corrected chi connectivity index (χ2v) is 12.8. The van der Waals surface area contributed by atoms with Crippen molar-refractivity contribution in [2.24, 2.45) is 5.92 Å². The van der Waals surface area contributed by atoms with Crippen molar-refractivity contribution < 1.29 is 27.8 Å². The molecule has 4 aliphatic rings. The van der Waals surface area contributed by atoms with Crippen LogP contribution >= 0.6 is 11.8 Å². The van der Waals surface area contributed by atoms with Crippen molar-refractivity contribution in [1.82, 2.24) is 9.58 Å². The normalized spacial score (nSPS) is 20.0. The van der Waals surface area contributed by atoms with Crippen LogP contribution in [0, 0.1) is 28.9 Å². The number of benzene rings is 2. The van der Waals surface area contributed by atoms with Crippen molar-refractivity contribution >= 4 is 23.6 Å². The lowest BCUT2D eigenvalue weighted by Crippen LogP contribution is -2.64. The fraction of sp³-hybridized carbons (Fsp3) is 0.333. The highest BCUT2D eigenvalue weighted by Gasteiger charge is 2.50. The van der Waals surface area contributed by atoms with Crippen molar-refractivity contribution in [3.8, 4) is 17.6 Å². The maximum absolute atomic E-state index is 15.8. The van der Waals surface area contributed by atoms with Gasteiger partial charge in [-0.15, -0.1) is 11.8 Å². The van der Waals surface area contributed by atoms with E-state index in [0.29, 0.717) is 34.4 Å². The number of carbonyl (C=O) groups is 2. The third-order valence-corrected chi connectivity index (χ3v) is 10.1. The van der Waals surface area contributed by atoms with Gasteiger partial charge in [0.05, 0.1) is 17.0 Å². The van der Waals surface area contributed by atoms with E-state index in [1.165, 1.54) is 28.7 Å². The minimum Gasteiger partial charge on any atom is -0.489 e. The summed E-state index contributed by atoms with van der Waals surface area (Å²) in [6.07, 6.45) is 7.21. The summed E-state index contributed by atoms with van der Waals surface area (Å²) in [5, 5.41) is 11.8. The van der Waals surface area contributed by atoms with Gasteiger partial charge in [-0.2, -0.15) is 5.26 Å². The van der Waals surface area contributed by atoms with Gasteiger partial charge < -0.3 is 14.4 Å². The number of nitrogens with zero attached hydrogens (tertiary/aromatic N) is 4. The summed E-state index contributed by atoms with van der Waals surface area (Å²) < 4.78 is 44.1. The molecule has 0 N–H and O–H groups in total. The molecule has 45 heavy (non-hydrogen) atoms. The third-order valence-electron chi connectivity index (χ3n) is 8.96. The van der Waals surface area contributed by atoms with Crippen molar-refractivity contribution in [2.75, 3.05) is 18.3 Å². The van der Waals surface area contributed by atoms with Gasteiger partial charge in [0, 0.05) is 40.1 Å². The number of amides is 1. The molecule has 1 atom stereocenters. The van der Waals surface area contributed by atoms with Gasteiger partial charge in [0.15, 0.2) is 17.3 Å². The molecule has 230 valence electrons. The number of esters is 1. The van der Waals surface area contributed by atoms with Crippen molar-refractivity contribution in [3.05, 3.63) is 98.5 Å². The Balaban J connectivity index is 1.58. The van der Waals surface area contributed by atoms with E-state index in [4.69, 9.17) is 9.47 Å². The lowest BCUT2D eigenvalue weighted by Gasteiger charge is -2.54. The number of aromatic nitrogens is 1. The van der Waals surface area contributed by atoms with Crippen LogP contribution in [0.1, 0.15) is 71.9 Å². The number of halogens is 2. The SMILES string of the molecule is CC(C)C(=O)Oc1c2n(ccc1=O)N1CN(C2=O)C2(/C=C/COc3cc(F)c(F)c4c3C1c1cccc(C#N)c1SC4)CCC2. The molecule has 3 aliphatic heterocycles. The molecular weight excluding hydrogens is 602 g/mol. The number of rotatable bonds is 2. The molecular formula is C33H28F2N4O5S. The molecule has 0 saturated heterocycles. The summed E-state index contributed by atoms with van der Waals surface area (Å²) in [6, 6.07) is 8.74. The Labute approximate surface area is 261 Å². The maximum Gasteiger partial charge on any atom is 0.313 e. The first-order valence-electron chi connectivity index (χ1n) is 14.7. The molecule has 1 fully saturated rings. The zero-order valence-corrected chi connectivity index (χ0v) is 25.3. The predicted molar refractivity (Wildman–Crippen MR) is 161 cm³/mol. The van der Waals surface area contributed by atoms with Crippen molar-refractivity contribution in [3.63, 3.8) is 0 Å². The minimum absolute atomic E-state index is 0.0138. The van der Waals surface area contributed by atoms with Crippen molar-refractivity contribution in [2.45, 2.75) is 55.3 Å².